The van der Waals surface area contributed by atoms with Crippen LogP contribution in [0.1, 0.15) is 0 Å². The minimum atomic E-state index is 0.135. The molecule has 0 bridgehead atoms. The summed E-state index contributed by atoms with van der Waals surface area (Å²) >= 11 is 5.83. The molecule has 0 fully saturated rings. The Balaban J connectivity index is 1.12. The van der Waals surface area contributed by atoms with Crippen molar-refractivity contribution in [2.24, 2.45) is 0 Å². The molecule has 19 rings (SSSR count). The first-order chi connectivity index (χ1) is 34.3. The molecular formula is C60H30B3N3S3. The van der Waals surface area contributed by atoms with Crippen molar-refractivity contribution < 1.29 is 0 Å². The van der Waals surface area contributed by atoms with Crippen LogP contribution in [0.4, 0.5) is 0 Å². The van der Waals surface area contributed by atoms with Gasteiger partial charge in [-0.3, -0.25) is 0 Å². The van der Waals surface area contributed by atoms with E-state index in [1.807, 2.05) is 35.3 Å². The lowest BCUT2D eigenvalue weighted by atomic mass is 9.35. The van der Waals surface area contributed by atoms with Gasteiger partial charge < -0.3 is 13.7 Å². The van der Waals surface area contributed by atoms with Gasteiger partial charge in [-0.15, -0.1) is 0 Å². The smallest absolute Gasteiger partial charge is 0.249 e. The third kappa shape index (κ3) is 3.99. The van der Waals surface area contributed by atoms with E-state index in [0.29, 0.717) is 0 Å². The fraction of sp³-hybridized carbons (Fsp3) is 0. The van der Waals surface area contributed by atoms with E-state index in [-0.39, 0.29) is 20.1 Å². The lowest BCUT2D eigenvalue weighted by molar-refractivity contribution is 1.17. The lowest BCUT2D eigenvalue weighted by Crippen LogP contribution is -2.58. The Kier molecular flexibility index (Phi) is 6.33. The summed E-state index contributed by atoms with van der Waals surface area (Å²) in [6, 6.07) is 70.3. The zero-order valence-electron chi connectivity index (χ0n) is 36.6. The van der Waals surface area contributed by atoms with Crippen LogP contribution in [0.3, 0.4) is 0 Å². The Morgan fingerprint density at radius 3 is 0.841 bits per heavy atom. The molecule has 9 heterocycles. The van der Waals surface area contributed by atoms with Gasteiger partial charge >= 0.3 is 0 Å². The van der Waals surface area contributed by atoms with E-state index < -0.39 is 0 Å². The summed E-state index contributed by atoms with van der Waals surface area (Å²) in [7, 11) is 0. The monoisotopic (exact) mass is 921 g/mol. The Morgan fingerprint density at radius 2 is 0.522 bits per heavy atom. The molecular weight excluding hydrogens is 891 g/mol. The maximum absolute atomic E-state index is 2.74. The van der Waals surface area contributed by atoms with Crippen LogP contribution < -0.4 is 49.2 Å². The highest BCUT2D eigenvalue weighted by Gasteiger charge is 2.45. The molecule has 69 heavy (non-hydrogen) atoms. The first-order valence-corrected chi connectivity index (χ1v) is 26.5. The molecule has 6 aliphatic heterocycles. The molecule has 0 atom stereocenters. The molecule has 0 spiro atoms. The number of hydrogen-bond acceptors (Lipinski definition) is 3. The van der Waals surface area contributed by atoms with Gasteiger partial charge in [-0.2, -0.15) is 0 Å². The molecule has 3 aromatic heterocycles. The standard InChI is InChI=1S/C60H30B3N3S3/c1-7-19-40-34(13-1)61-37-16-4-10-22-43(37)67-46-28-25-31-49-58(64(40)55(31)52(46)61)50-32-26-29-47-53-56(32)65(41-20-8-2-14-35(41)62(53)38-17-5-11-23-44(38)68-47)60(50)51-33-27-30-48-54-57(33)66(59(49)51)42-21-9-3-15-36(42)63(54)39-18-6-12-24-45(39)69-48/h1-30H. The van der Waals surface area contributed by atoms with Gasteiger partial charge in [0.05, 0.1) is 33.1 Å². The largest absolute Gasteiger partial charge is 0.309 e. The van der Waals surface area contributed by atoms with Gasteiger partial charge in [0.1, 0.15) is 0 Å². The third-order valence-corrected chi connectivity index (χ3v) is 20.3. The summed E-state index contributed by atoms with van der Waals surface area (Å²) in [6.07, 6.45) is 0. The van der Waals surface area contributed by atoms with E-state index >= 15 is 0 Å². The fourth-order valence-electron chi connectivity index (χ4n) is 14.4. The molecule has 312 valence electrons. The van der Waals surface area contributed by atoms with Crippen molar-refractivity contribution in [1.82, 2.24) is 13.7 Å². The second-order valence-corrected chi connectivity index (χ2v) is 22.9. The third-order valence-electron chi connectivity index (χ3n) is 16.8. The molecule has 6 aliphatic rings. The quantitative estimate of drug-likeness (QED) is 0.142. The van der Waals surface area contributed by atoms with Gasteiger partial charge in [-0.25, -0.2) is 0 Å². The van der Waals surface area contributed by atoms with Gasteiger partial charge in [-0.05, 0) is 87.4 Å². The number of nitrogens with zero attached hydrogens (tertiary/aromatic N) is 3. The number of aromatic nitrogens is 3. The summed E-state index contributed by atoms with van der Waals surface area (Å²) in [5.74, 6) is 0. The topological polar surface area (TPSA) is 14.8 Å². The SMILES string of the molecule is c1ccc2c(c1)Sc1ccc3c4c(c5c6ccc7c8c6n(c5c5c6ccc9c%10c6n(c45)-c4ccccc4B%10c4ccccc4S9)-c4ccccc4B8c4ccccc4S7)n4c3c1B2c1ccccc1-4. The van der Waals surface area contributed by atoms with Gasteiger partial charge in [0.2, 0.25) is 20.1 Å². The Hall–Kier alpha value is -7.16. The van der Waals surface area contributed by atoms with Crippen molar-refractivity contribution in [2.45, 2.75) is 29.4 Å². The molecule has 0 N–H and O–H groups in total. The van der Waals surface area contributed by atoms with Crippen LogP contribution in [0.5, 0.6) is 0 Å². The van der Waals surface area contributed by atoms with Crippen molar-refractivity contribution in [2.75, 3.05) is 0 Å². The molecule has 0 unspecified atom stereocenters. The van der Waals surface area contributed by atoms with Gasteiger partial charge in [0, 0.05) is 78.8 Å². The van der Waals surface area contributed by atoms with Gasteiger partial charge in [0.15, 0.2) is 0 Å². The van der Waals surface area contributed by atoms with E-state index in [1.165, 1.54) is 161 Å². The highest BCUT2D eigenvalue weighted by atomic mass is 32.2. The normalized spacial score (nSPS) is 14.7. The Morgan fingerprint density at radius 1 is 0.246 bits per heavy atom. The summed E-state index contributed by atoms with van der Waals surface area (Å²) < 4.78 is 8.22. The molecule has 13 aromatic rings. The van der Waals surface area contributed by atoms with E-state index in [2.05, 4.69) is 196 Å². The number of fused-ring (bicyclic) bond motifs is 27. The fourth-order valence-corrected chi connectivity index (χ4v) is 17.9. The molecule has 0 amide bonds. The van der Waals surface area contributed by atoms with Crippen LogP contribution in [0.15, 0.2) is 211 Å². The van der Waals surface area contributed by atoms with Crippen LogP contribution in [-0.4, -0.2) is 33.8 Å². The molecule has 0 saturated heterocycles. The maximum Gasteiger partial charge on any atom is 0.249 e. The van der Waals surface area contributed by atoms with E-state index in [9.17, 15) is 0 Å². The molecule has 0 radical (unpaired) electrons. The number of rotatable bonds is 0. The first-order valence-electron chi connectivity index (χ1n) is 24.0. The van der Waals surface area contributed by atoms with Gasteiger partial charge in [0.25, 0.3) is 0 Å². The molecule has 0 aliphatic carbocycles. The van der Waals surface area contributed by atoms with Crippen molar-refractivity contribution in [1.29, 1.82) is 0 Å². The van der Waals surface area contributed by atoms with E-state index in [1.54, 1.807) is 0 Å². The zero-order valence-corrected chi connectivity index (χ0v) is 39.1. The van der Waals surface area contributed by atoms with Crippen LogP contribution >= 0.6 is 35.3 Å². The molecule has 9 heteroatoms. The average molecular weight is 922 g/mol. The maximum atomic E-state index is 2.74. The Bertz CT molecular complexity index is 4200. The molecule has 3 nitrogen and oxygen atoms in total. The summed E-state index contributed by atoms with van der Waals surface area (Å²) in [6.45, 7) is 0.405. The minimum Gasteiger partial charge on any atom is -0.309 e. The predicted molar refractivity (Wildman–Crippen MR) is 295 cm³/mol. The van der Waals surface area contributed by atoms with Crippen molar-refractivity contribution in [3.63, 3.8) is 0 Å². The van der Waals surface area contributed by atoms with Gasteiger partial charge in [-0.1, -0.05) is 179 Å². The number of para-hydroxylation sites is 3. The summed E-state index contributed by atoms with van der Waals surface area (Å²) in [5, 5.41) is 8.03. The number of benzene rings is 10. The Labute approximate surface area is 409 Å². The predicted octanol–water partition coefficient (Wildman–Crippen LogP) is 8.86. The lowest BCUT2D eigenvalue weighted by Gasteiger charge is -2.32. The summed E-state index contributed by atoms with van der Waals surface area (Å²) in [4.78, 5) is 8.15. The van der Waals surface area contributed by atoms with Crippen LogP contribution in [0, 0.1) is 0 Å². The van der Waals surface area contributed by atoms with E-state index in [0.717, 1.165) is 0 Å². The highest BCUT2D eigenvalue weighted by molar-refractivity contribution is 8.00. The molecule has 10 aromatic carbocycles. The summed E-state index contributed by atoms with van der Waals surface area (Å²) in [5.41, 5.74) is 24.5. The van der Waals surface area contributed by atoms with Crippen molar-refractivity contribution in [3.05, 3.63) is 182 Å². The van der Waals surface area contributed by atoms with Crippen molar-refractivity contribution in [3.8, 4) is 17.1 Å². The van der Waals surface area contributed by atoms with Crippen molar-refractivity contribution >= 4 is 170 Å². The molecule has 0 saturated carbocycles. The number of hydrogen-bond donors (Lipinski definition) is 0. The second-order valence-electron chi connectivity index (χ2n) is 19.7. The minimum absolute atomic E-state index is 0.135. The van der Waals surface area contributed by atoms with E-state index in [4.69, 9.17) is 0 Å². The highest BCUT2D eigenvalue weighted by Crippen LogP contribution is 2.53. The first kappa shape index (κ1) is 35.9. The second kappa shape index (κ2) is 12.2. The van der Waals surface area contributed by atoms with Crippen LogP contribution in [-0.2, 0) is 0 Å². The average Bonchev–Trinajstić information content (AvgIpc) is 4.06. The van der Waals surface area contributed by atoms with Crippen LogP contribution in [0.25, 0.3) is 82.5 Å². The zero-order chi connectivity index (χ0) is 44.1. The van der Waals surface area contributed by atoms with Crippen LogP contribution in [0.2, 0.25) is 0 Å².